The summed E-state index contributed by atoms with van der Waals surface area (Å²) in [4.78, 5) is 15.6. The Hall–Kier alpha value is -3.09. The third kappa shape index (κ3) is 5.60. The molecule has 2 amide bonds. The van der Waals surface area contributed by atoms with Gasteiger partial charge in [-0.05, 0) is 62.4 Å². The Bertz CT molecular complexity index is 1190. The number of carbonyl (C=O) groups is 1. The summed E-state index contributed by atoms with van der Waals surface area (Å²) in [6.07, 6.45) is 7.46. The van der Waals surface area contributed by atoms with Gasteiger partial charge < -0.3 is 11.1 Å². The van der Waals surface area contributed by atoms with E-state index in [0.717, 1.165) is 51.4 Å². The number of anilines is 2. The first kappa shape index (κ1) is 25.0. The molecule has 0 aromatic heterocycles. The van der Waals surface area contributed by atoms with Crippen molar-refractivity contribution in [1.82, 2.24) is 9.62 Å². The molecule has 1 aliphatic heterocycles. The molecule has 8 nitrogen and oxygen atoms in total. The fourth-order valence-electron chi connectivity index (χ4n) is 5.13. The molecule has 2 fully saturated rings. The van der Waals surface area contributed by atoms with Crippen LogP contribution in [0.5, 0.6) is 0 Å². The van der Waals surface area contributed by atoms with Gasteiger partial charge in [0.05, 0.1) is 23.5 Å². The van der Waals surface area contributed by atoms with Gasteiger partial charge in [-0.1, -0.05) is 43.9 Å². The summed E-state index contributed by atoms with van der Waals surface area (Å²) in [6.45, 7) is 0.314. The van der Waals surface area contributed by atoms with Gasteiger partial charge in [0.2, 0.25) is 10.0 Å². The van der Waals surface area contributed by atoms with Gasteiger partial charge in [0.1, 0.15) is 4.90 Å². The number of nitrogen functional groups attached to an aromatic ring is 1. The number of nitriles is 1. The Morgan fingerprint density at radius 3 is 2.43 bits per heavy atom. The minimum atomic E-state index is -3.89. The number of amides is 2. The lowest BCUT2D eigenvalue weighted by molar-refractivity contribution is 0.200. The van der Waals surface area contributed by atoms with Gasteiger partial charge in [0, 0.05) is 18.3 Å². The predicted octanol–water partition coefficient (Wildman–Crippen LogP) is 4.58. The number of piperidine rings is 1. The quantitative estimate of drug-likeness (QED) is 0.465. The van der Waals surface area contributed by atoms with Crippen molar-refractivity contribution in [2.75, 3.05) is 17.2 Å². The summed E-state index contributed by atoms with van der Waals surface area (Å²) >= 11 is 0. The van der Waals surface area contributed by atoms with E-state index in [2.05, 4.69) is 11.4 Å². The molecule has 3 N–H and O–H groups in total. The van der Waals surface area contributed by atoms with Crippen LogP contribution in [0.2, 0.25) is 0 Å². The predicted molar refractivity (Wildman–Crippen MR) is 136 cm³/mol. The van der Waals surface area contributed by atoms with Gasteiger partial charge in [-0.3, -0.25) is 4.90 Å². The van der Waals surface area contributed by atoms with Crippen LogP contribution < -0.4 is 16.0 Å². The molecule has 4 rings (SSSR count). The number of benzene rings is 2. The minimum Gasteiger partial charge on any atom is -0.398 e. The van der Waals surface area contributed by atoms with Crippen molar-refractivity contribution in [1.29, 1.82) is 5.26 Å². The molecule has 1 atom stereocenters. The Labute approximate surface area is 207 Å². The maximum atomic E-state index is 13.8. The molecule has 1 unspecified atom stereocenters. The third-order valence-electron chi connectivity index (χ3n) is 6.91. The summed E-state index contributed by atoms with van der Waals surface area (Å²) in [5.41, 5.74) is 7.33. The number of hydrogen-bond acceptors (Lipinski definition) is 5. The zero-order chi connectivity index (χ0) is 24.8. The van der Waals surface area contributed by atoms with Crippen molar-refractivity contribution in [2.24, 2.45) is 0 Å². The fraction of sp³-hybridized carbons (Fsp3) is 0.462. The molecule has 1 saturated heterocycles. The lowest BCUT2D eigenvalue weighted by Gasteiger charge is -2.38. The molecule has 9 heteroatoms. The van der Waals surface area contributed by atoms with E-state index in [1.165, 1.54) is 10.4 Å². The molecule has 2 aromatic rings. The molecule has 2 aliphatic rings. The molecule has 0 spiro atoms. The molecule has 1 heterocycles. The number of rotatable bonds is 5. The molecule has 1 saturated carbocycles. The van der Waals surface area contributed by atoms with Crippen LogP contribution in [-0.4, -0.2) is 37.5 Å². The van der Waals surface area contributed by atoms with Crippen LogP contribution in [-0.2, 0) is 10.0 Å². The first-order valence-electron chi connectivity index (χ1n) is 12.4. The second-order valence-corrected chi connectivity index (χ2v) is 11.2. The van der Waals surface area contributed by atoms with Gasteiger partial charge in [-0.25, -0.2) is 13.2 Å². The van der Waals surface area contributed by atoms with Gasteiger partial charge in [0.25, 0.3) is 0 Å². The smallest absolute Gasteiger partial charge is 0.323 e. The van der Waals surface area contributed by atoms with Crippen LogP contribution in [0.15, 0.2) is 53.4 Å². The molecule has 1 aliphatic carbocycles. The highest BCUT2D eigenvalue weighted by molar-refractivity contribution is 7.89. The van der Waals surface area contributed by atoms with Crippen LogP contribution in [0.4, 0.5) is 16.2 Å². The van der Waals surface area contributed by atoms with E-state index in [-0.39, 0.29) is 22.7 Å². The lowest BCUT2D eigenvalue weighted by atomic mass is 10.1. The van der Waals surface area contributed by atoms with E-state index >= 15 is 0 Å². The maximum absolute atomic E-state index is 13.8. The number of nitrogens with one attached hydrogen (secondary N) is 1. The van der Waals surface area contributed by atoms with Crippen molar-refractivity contribution in [3.8, 4) is 6.07 Å². The number of sulfonamides is 1. The number of hydrogen-bond donors (Lipinski definition) is 2. The molecular weight excluding hydrogens is 462 g/mol. The SMILES string of the molecule is N#Cc1cccc(N(C(=O)NC2CCCCN2S(=O)(=O)c2ccccc2N)C2CCCCCC2)c1. The summed E-state index contributed by atoms with van der Waals surface area (Å²) in [5.74, 6) is 0. The zero-order valence-corrected chi connectivity index (χ0v) is 20.7. The van der Waals surface area contributed by atoms with E-state index in [9.17, 15) is 18.5 Å². The van der Waals surface area contributed by atoms with E-state index in [0.29, 0.717) is 24.2 Å². The van der Waals surface area contributed by atoms with E-state index in [4.69, 9.17) is 5.73 Å². The lowest BCUT2D eigenvalue weighted by Crippen LogP contribution is -2.57. The van der Waals surface area contributed by atoms with Crippen LogP contribution in [0.1, 0.15) is 63.4 Å². The van der Waals surface area contributed by atoms with E-state index in [1.54, 1.807) is 41.3 Å². The summed E-state index contributed by atoms with van der Waals surface area (Å²) in [7, 11) is -3.89. The zero-order valence-electron chi connectivity index (χ0n) is 19.9. The average Bonchev–Trinajstić information content (AvgIpc) is 3.14. The standard InChI is InChI=1S/C26H33N5O3S/c27-19-20-10-9-13-22(18-20)31(21-11-3-1-2-4-12-21)26(32)29-25-16-7-8-17-30(25)35(33,34)24-15-6-5-14-23(24)28/h5-6,9-10,13-15,18,21,25H,1-4,7-8,11-12,16-17,28H2,(H,29,32). The second kappa shape index (κ2) is 11.1. The molecular formula is C26H33N5O3S. The molecule has 2 aromatic carbocycles. The molecule has 186 valence electrons. The highest BCUT2D eigenvalue weighted by Crippen LogP contribution is 2.30. The fourth-order valence-corrected chi connectivity index (χ4v) is 6.86. The number of carbonyl (C=O) groups excluding carboxylic acids is 1. The summed E-state index contributed by atoms with van der Waals surface area (Å²) in [5, 5.41) is 12.4. The van der Waals surface area contributed by atoms with Gasteiger partial charge in [-0.2, -0.15) is 9.57 Å². The number of urea groups is 1. The highest BCUT2D eigenvalue weighted by atomic mass is 32.2. The average molecular weight is 496 g/mol. The molecule has 0 bridgehead atoms. The van der Waals surface area contributed by atoms with Crippen LogP contribution >= 0.6 is 0 Å². The van der Waals surface area contributed by atoms with E-state index in [1.807, 2.05) is 6.07 Å². The van der Waals surface area contributed by atoms with Crippen LogP contribution in [0.25, 0.3) is 0 Å². The second-order valence-electron chi connectivity index (χ2n) is 9.29. The maximum Gasteiger partial charge on any atom is 0.323 e. The van der Waals surface area contributed by atoms with Crippen LogP contribution in [0, 0.1) is 11.3 Å². The number of nitrogens with two attached hydrogens (primary N) is 1. The van der Waals surface area contributed by atoms with Gasteiger partial charge >= 0.3 is 6.03 Å². The van der Waals surface area contributed by atoms with Gasteiger partial charge in [0.15, 0.2) is 0 Å². The first-order chi connectivity index (χ1) is 16.9. The number of para-hydroxylation sites is 1. The first-order valence-corrected chi connectivity index (χ1v) is 13.8. The molecule has 0 radical (unpaired) electrons. The monoisotopic (exact) mass is 495 g/mol. The minimum absolute atomic E-state index is 0.00939. The van der Waals surface area contributed by atoms with Crippen molar-refractivity contribution < 1.29 is 13.2 Å². The number of nitrogens with zero attached hydrogens (tertiary/aromatic N) is 3. The molecule has 35 heavy (non-hydrogen) atoms. The largest absolute Gasteiger partial charge is 0.398 e. The topological polar surface area (TPSA) is 120 Å². The van der Waals surface area contributed by atoms with Gasteiger partial charge in [-0.15, -0.1) is 0 Å². The normalized spacial score (nSPS) is 19.9. The van der Waals surface area contributed by atoms with Crippen molar-refractivity contribution in [3.63, 3.8) is 0 Å². The Morgan fingerprint density at radius 1 is 1.00 bits per heavy atom. The summed E-state index contributed by atoms with van der Waals surface area (Å²) < 4.78 is 28.4. The van der Waals surface area contributed by atoms with Crippen molar-refractivity contribution in [3.05, 3.63) is 54.1 Å². The summed E-state index contributed by atoms with van der Waals surface area (Å²) in [6, 6.07) is 15.3. The van der Waals surface area contributed by atoms with Crippen molar-refractivity contribution >= 4 is 27.4 Å². The van der Waals surface area contributed by atoms with Crippen LogP contribution in [0.3, 0.4) is 0 Å². The van der Waals surface area contributed by atoms with E-state index < -0.39 is 16.2 Å². The highest BCUT2D eigenvalue weighted by Gasteiger charge is 2.37. The Morgan fingerprint density at radius 2 is 1.71 bits per heavy atom. The Balaban J connectivity index is 1.63. The van der Waals surface area contributed by atoms with Crippen molar-refractivity contribution in [2.45, 2.75) is 74.9 Å². The Kier molecular flexibility index (Phi) is 7.93. The third-order valence-corrected chi connectivity index (χ3v) is 8.89.